The molecule has 0 saturated carbocycles. The van der Waals surface area contributed by atoms with Crippen molar-refractivity contribution in [3.8, 4) is 0 Å². The predicted molar refractivity (Wildman–Crippen MR) is 91.6 cm³/mol. The number of amides is 1. The fourth-order valence-corrected chi connectivity index (χ4v) is 3.23. The minimum Gasteiger partial charge on any atom is -0.328 e. The second kappa shape index (κ2) is 6.07. The van der Waals surface area contributed by atoms with Gasteiger partial charge in [0, 0.05) is 24.2 Å². The number of aromatic nitrogens is 2. The van der Waals surface area contributed by atoms with Crippen LogP contribution >= 0.6 is 0 Å². The van der Waals surface area contributed by atoms with E-state index in [0.717, 1.165) is 29.8 Å². The topological polar surface area (TPSA) is 46.9 Å². The summed E-state index contributed by atoms with van der Waals surface area (Å²) in [6, 6.07) is 11.3. The van der Waals surface area contributed by atoms with Crippen LogP contribution in [0.15, 0.2) is 42.5 Å². The Morgan fingerprint density at radius 3 is 2.75 bits per heavy atom. The maximum atomic E-state index is 13.0. The Labute approximate surface area is 139 Å². The van der Waals surface area contributed by atoms with E-state index < -0.39 is 0 Å². The van der Waals surface area contributed by atoms with Crippen molar-refractivity contribution in [1.29, 1.82) is 0 Å². The van der Waals surface area contributed by atoms with E-state index in [2.05, 4.69) is 9.88 Å². The molecule has 1 aliphatic heterocycles. The van der Waals surface area contributed by atoms with Crippen molar-refractivity contribution in [2.75, 3.05) is 5.32 Å². The average Bonchev–Trinajstić information content (AvgIpc) is 2.76. The lowest BCUT2D eigenvalue weighted by atomic mass is 10.2. The molecule has 0 radical (unpaired) electrons. The Bertz CT molecular complexity index is 899. The molecule has 3 aromatic rings. The van der Waals surface area contributed by atoms with Crippen molar-refractivity contribution < 1.29 is 9.18 Å². The molecule has 0 fully saturated rings. The number of fused-ring (bicyclic) bond motifs is 3. The van der Waals surface area contributed by atoms with Crippen LogP contribution in [0.2, 0.25) is 0 Å². The van der Waals surface area contributed by atoms with E-state index in [0.29, 0.717) is 11.3 Å². The van der Waals surface area contributed by atoms with Crippen molar-refractivity contribution in [1.82, 2.24) is 9.55 Å². The summed E-state index contributed by atoms with van der Waals surface area (Å²) in [7, 11) is 0. The fourth-order valence-electron chi connectivity index (χ4n) is 3.23. The highest BCUT2D eigenvalue weighted by Gasteiger charge is 2.14. The van der Waals surface area contributed by atoms with Gasteiger partial charge in [0.15, 0.2) is 0 Å². The van der Waals surface area contributed by atoms with Crippen LogP contribution in [0.3, 0.4) is 0 Å². The highest BCUT2D eigenvalue weighted by Crippen LogP contribution is 2.24. The van der Waals surface area contributed by atoms with Crippen LogP contribution in [0, 0.1) is 5.82 Å². The monoisotopic (exact) mass is 323 g/mol. The number of benzene rings is 2. The first kappa shape index (κ1) is 14.9. The van der Waals surface area contributed by atoms with Gasteiger partial charge in [-0.1, -0.05) is 6.42 Å². The molecule has 2 heterocycles. The summed E-state index contributed by atoms with van der Waals surface area (Å²) >= 11 is 0. The number of nitrogens with one attached hydrogen (secondary N) is 1. The van der Waals surface area contributed by atoms with Crippen LogP contribution in [0.25, 0.3) is 11.0 Å². The molecule has 4 nitrogen and oxygen atoms in total. The average molecular weight is 323 g/mol. The molecule has 0 spiro atoms. The quantitative estimate of drug-likeness (QED) is 0.770. The lowest BCUT2D eigenvalue weighted by Crippen LogP contribution is -2.11. The van der Waals surface area contributed by atoms with Crippen LogP contribution < -0.4 is 5.32 Å². The molecule has 0 aliphatic carbocycles. The number of carbonyl (C=O) groups is 1. The number of halogens is 1. The number of rotatable bonds is 2. The summed E-state index contributed by atoms with van der Waals surface area (Å²) in [6.45, 7) is 1.01. The molecule has 2 aromatic carbocycles. The molecular weight excluding hydrogens is 305 g/mol. The van der Waals surface area contributed by atoms with E-state index in [1.54, 1.807) is 0 Å². The summed E-state index contributed by atoms with van der Waals surface area (Å²) in [5.74, 6) is 0.520. The van der Waals surface area contributed by atoms with Gasteiger partial charge in [-0.3, -0.25) is 4.79 Å². The van der Waals surface area contributed by atoms with Crippen molar-refractivity contribution in [3.05, 3.63) is 59.7 Å². The van der Waals surface area contributed by atoms with E-state index in [1.807, 2.05) is 18.2 Å². The zero-order valence-electron chi connectivity index (χ0n) is 13.3. The summed E-state index contributed by atoms with van der Waals surface area (Å²) < 4.78 is 15.2. The number of aryl methyl sites for hydroxylation is 2. The lowest BCUT2D eigenvalue weighted by molar-refractivity contribution is 0.102. The number of nitrogens with zero attached hydrogens (tertiary/aromatic N) is 2. The first-order valence-corrected chi connectivity index (χ1v) is 8.27. The third kappa shape index (κ3) is 2.77. The van der Waals surface area contributed by atoms with Gasteiger partial charge >= 0.3 is 0 Å². The number of hydrogen-bond acceptors (Lipinski definition) is 2. The SMILES string of the molecule is O=C(Nc1ccc2c(c1)nc1n2CCCCC1)c1ccc(F)cc1. The predicted octanol–water partition coefficient (Wildman–Crippen LogP) is 4.15. The molecule has 1 amide bonds. The van der Waals surface area contributed by atoms with Gasteiger partial charge in [-0.15, -0.1) is 0 Å². The van der Waals surface area contributed by atoms with Gasteiger partial charge in [-0.25, -0.2) is 9.37 Å². The number of imidazole rings is 1. The molecule has 0 bridgehead atoms. The van der Waals surface area contributed by atoms with Gasteiger partial charge in [-0.05, 0) is 55.3 Å². The molecule has 4 rings (SSSR count). The summed E-state index contributed by atoms with van der Waals surface area (Å²) in [5, 5.41) is 2.85. The van der Waals surface area contributed by atoms with Gasteiger partial charge in [0.2, 0.25) is 0 Å². The molecule has 24 heavy (non-hydrogen) atoms. The van der Waals surface area contributed by atoms with Gasteiger partial charge in [0.1, 0.15) is 11.6 Å². The Balaban J connectivity index is 1.61. The highest BCUT2D eigenvalue weighted by atomic mass is 19.1. The molecule has 1 aromatic heterocycles. The van der Waals surface area contributed by atoms with Crippen LogP contribution in [0.1, 0.15) is 35.4 Å². The molecule has 5 heteroatoms. The number of carbonyl (C=O) groups excluding carboxylic acids is 1. The second-order valence-electron chi connectivity index (χ2n) is 6.15. The van der Waals surface area contributed by atoms with Gasteiger partial charge in [-0.2, -0.15) is 0 Å². The van der Waals surface area contributed by atoms with E-state index in [9.17, 15) is 9.18 Å². The summed E-state index contributed by atoms with van der Waals surface area (Å²) in [5.41, 5.74) is 3.15. The molecule has 1 N–H and O–H groups in total. The Morgan fingerprint density at radius 1 is 1.08 bits per heavy atom. The maximum Gasteiger partial charge on any atom is 0.255 e. The molecular formula is C19H18FN3O. The Hall–Kier alpha value is -2.69. The van der Waals surface area contributed by atoms with E-state index in [-0.39, 0.29) is 11.7 Å². The molecule has 0 saturated heterocycles. The van der Waals surface area contributed by atoms with Crippen LogP contribution in [-0.2, 0) is 13.0 Å². The van der Waals surface area contributed by atoms with Gasteiger partial charge in [0.05, 0.1) is 11.0 Å². The van der Waals surface area contributed by atoms with E-state index in [1.165, 1.54) is 43.5 Å². The smallest absolute Gasteiger partial charge is 0.255 e. The number of hydrogen-bond donors (Lipinski definition) is 1. The Morgan fingerprint density at radius 2 is 1.92 bits per heavy atom. The summed E-state index contributed by atoms with van der Waals surface area (Å²) in [4.78, 5) is 17.0. The second-order valence-corrected chi connectivity index (χ2v) is 6.15. The lowest BCUT2D eigenvalue weighted by Gasteiger charge is -2.07. The normalized spacial score (nSPS) is 14.2. The van der Waals surface area contributed by atoms with Crippen molar-refractivity contribution in [2.24, 2.45) is 0 Å². The zero-order valence-corrected chi connectivity index (χ0v) is 13.3. The molecule has 0 atom stereocenters. The maximum absolute atomic E-state index is 13.0. The number of anilines is 1. The van der Waals surface area contributed by atoms with Gasteiger partial charge in [0.25, 0.3) is 5.91 Å². The summed E-state index contributed by atoms with van der Waals surface area (Å²) in [6.07, 6.45) is 4.61. The molecule has 0 unspecified atom stereocenters. The molecule has 122 valence electrons. The van der Waals surface area contributed by atoms with E-state index in [4.69, 9.17) is 4.98 Å². The zero-order chi connectivity index (χ0) is 16.5. The first-order valence-electron chi connectivity index (χ1n) is 8.27. The fraction of sp³-hybridized carbons (Fsp3) is 0.263. The highest BCUT2D eigenvalue weighted by molar-refractivity contribution is 6.04. The van der Waals surface area contributed by atoms with Crippen molar-refractivity contribution in [2.45, 2.75) is 32.2 Å². The molecule has 1 aliphatic rings. The van der Waals surface area contributed by atoms with Crippen LogP contribution in [0.4, 0.5) is 10.1 Å². The minimum atomic E-state index is -0.354. The van der Waals surface area contributed by atoms with Crippen molar-refractivity contribution >= 4 is 22.6 Å². The van der Waals surface area contributed by atoms with Crippen LogP contribution in [-0.4, -0.2) is 15.5 Å². The minimum absolute atomic E-state index is 0.255. The standard InChI is InChI=1S/C19H18FN3O/c20-14-7-5-13(6-8-14)19(24)21-15-9-10-17-16(12-15)22-18-4-2-1-3-11-23(17)18/h5-10,12H,1-4,11H2,(H,21,24). The van der Waals surface area contributed by atoms with E-state index >= 15 is 0 Å². The largest absolute Gasteiger partial charge is 0.328 e. The third-order valence-corrected chi connectivity index (χ3v) is 4.47. The Kier molecular flexibility index (Phi) is 3.76. The van der Waals surface area contributed by atoms with Gasteiger partial charge < -0.3 is 9.88 Å². The van der Waals surface area contributed by atoms with Crippen LogP contribution in [0.5, 0.6) is 0 Å². The third-order valence-electron chi connectivity index (χ3n) is 4.47. The first-order chi connectivity index (χ1) is 11.7. The van der Waals surface area contributed by atoms with Crippen molar-refractivity contribution in [3.63, 3.8) is 0 Å².